The minimum absolute atomic E-state index is 0. The van der Waals surface area contributed by atoms with Crippen molar-refractivity contribution in [2.45, 2.75) is 6.92 Å². The van der Waals surface area contributed by atoms with Gasteiger partial charge in [0.1, 0.15) is 5.01 Å². The molecule has 1 radical (unpaired) electrons. The molecule has 0 spiro atoms. The first-order chi connectivity index (χ1) is 15.0. The number of nitrogens with zero attached hydrogens (tertiary/aromatic N) is 3. The van der Waals surface area contributed by atoms with E-state index in [-0.39, 0.29) is 112 Å². The van der Waals surface area contributed by atoms with E-state index in [1.165, 1.54) is 11.3 Å². The fraction of sp³-hybridized carbons (Fsp3) is 0.0526. The number of pyridine rings is 1. The number of aromatic nitrogens is 3. The number of thiazole rings is 1. The summed E-state index contributed by atoms with van der Waals surface area (Å²) in [5.74, 6) is 0. The molecule has 0 fully saturated rings. The summed E-state index contributed by atoms with van der Waals surface area (Å²) >= 11 is 0.859. The first-order valence-corrected chi connectivity index (χ1v) is 7.54. The van der Waals surface area contributed by atoms with Gasteiger partial charge in [-0.15, -0.1) is 40.9 Å². The summed E-state index contributed by atoms with van der Waals surface area (Å²) in [6, 6.07) is 1.10. The molecule has 5 rings (SSSR count). The Morgan fingerprint density at radius 3 is 2.96 bits per heavy atom. The number of fused-ring (bicyclic) bond motifs is 6. The van der Waals surface area contributed by atoms with Crippen LogP contribution in [0.15, 0.2) is 54.0 Å². The van der Waals surface area contributed by atoms with Crippen LogP contribution < -0.4 is 0 Å². The molecule has 0 saturated carbocycles. The molecule has 5 heteroatoms. The monoisotopic (exact) mass is 516 g/mol. The number of hydrogen-bond acceptors (Lipinski definition) is 3. The molecule has 0 unspecified atom stereocenters. The van der Waals surface area contributed by atoms with Crippen LogP contribution in [-0.2, 0) is 20.1 Å². The van der Waals surface area contributed by atoms with Crippen molar-refractivity contribution in [2.75, 3.05) is 0 Å². The van der Waals surface area contributed by atoms with Gasteiger partial charge in [0.05, 0.1) is 19.6 Å². The van der Waals surface area contributed by atoms with Gasteiger partial charge in [-0.2, -0.15) is 0 Å². The molecule has 3 aromatic heterocycles. The van der Waals surface area contributed by atoms with Gasteiger partial charge in [0.2, 0.25) is 0 Å². The Labute approximate surface area is 169 Å². The van der Waals surface area contributed by atoms with Crippen LogP contribution in [0.2, 0.25) is 0 Å². The predicted octanol–water partition coefficient (Wildman–Crippen LogP) is 4.87. The number of imidazole rings is 1. The van der Waals surface area contributed by atoms with E-state index in [1.54, 1.807) is 0 Å². The van der Waals surface area contributed by atoms with Gasteiger partial charge >= 0.3 is 0 Å². The molecule has 3 heterocycles. The molecule has 0 bridgehead atoms. The fourth-order valence-corrected chi connectivity index (χ4v) is 3.13. The van der Waals surface area contributed by atoms with Crippen LogP contribution in [0.25, 0.3) is 38.0 Å². The van der Waals surface area contributed by atoms with Crippen molar-refractivity contribution < 1.29 is 32.4 Å². The van der Waals surface area contributed by atoms with E-state index < -0.39 is 6.04 Å². The Bertz CT molecular complexity index is 1620. The van der Waals surface area contributed by atoms with E-state index in [1.807, 2.05) is 0 Å². The summed E-state index contributed by atoms with van der Waals surface area (Å²) in [6.07, 6.45) is -0.548. The average molecular weight is 516 g/mol. The second-order valence-corrected chi connectivity index (χ2v) is 5.73. The third-order valence-electron chi connectivity index (χ3n) is 3.56. The van der Waals surface area contributed by atoms with Crippen molar-refractivity contribution in [3.05, 3.63) is 65.6 Å². The zero-order chi connectivity index (χ0) is 23.2. The Kier molecular flexibility index (Phi) is 2.01. The van der Waals surface area contributed by atoms with Gasteiger partial charge in [-0.3, -0.25) is 4.98 Å². The zero-order valence-corrected chi connectivity index (χ0v) is 15.3. The van der Waals surface area contributed by atoms with E-state index in [9.17, 15) is 0 Å². The SMILES string of the molecule is [2H]c1[c-]c2c(c([2H])c1[2H])c1c([2H])c(C)c([2H])c([2H])c1n1c(-c3nc([2H])c([2H])s3)c([2H])nc21.[Ir]. The normalized spacial score (nSPS) is 16.5. The zero-order valence-electron chi connectivity index (χ0n) is 21.1. The van der Waals surface area contributed by atoms with Gasteiger partial charge in [0.15, 0.2) is 0 Å². The minimum atomic E-state index is -0.392. The smallest absolute Gasteiger partial charge is 0.141 e. The quantitative estimate of drug-likeness (QED) is 0.236. The van der Waals surface area contributed by atoms with Crippen molar-refractivity contribution in [1.82, 2.24) is 14.4 Å². The van der Waals surface area contributed by atoms with E-state index >= 15 is 0 Å². The molecule has 119 valence electrons. The molecule has 0 saturated heterocycles. The Hall–Kier alpha value is -2.07. The number of hydrogen-bond donors (Lipinski definition) is 0. The first kappa shape index (κ1) is 8.34. The summed E-state index contributed by atoms with van der Waals surface area (Å²) in [5.41, 5.74) is 0.412. The van der Waals surface area contributed by atoms with Crippen LogP contribution in [-0.4, -0.2) is 14.4 Å². The molecule has 3 nitrogen and oxygen atoms in total. The van der Waals surface area contributed by atoms with Crippen molar-refractivity contribution in [3.8, 4) is 10.7 Å². The maximum Gasteiger partial charge on any atom is 0.141 e. The van der Waals surface area contributed by atoms with Crippen molar-refractivity contribution in [1.29, 1.82) is 0 Å². The van der Waals surface area contributed by atoms with Crippen LogP contribution in [0.1, 0.15) is 17.9 Å². The minimum Gasteiger partial charge on any atom is -0.331 e. The number of benzene rings is 2. The van der Waals surface area contributed by atoms with Crippen LogP contribution in [0.3, 0.4) is 0 Å². The van der Waals surface area contributed by atoms with E-state index in [2.05, 4.69) is 16.0 Å². The molecule has 24 heavy (non-hydrogen) atoms. The summed E-state index contributed by atoms with van der Waals surface area (Å²) < 4.78 is 75.6. The van der Waals surface area contributed by atoms with Gasteiger partial charge in [0, 0.05) is 46.1 Å². The molecule has 0 aliphatic rings. The second kappa shape index (κ2) is 5.78. The summed E-state index contributed by atoms with van der Waals surface area (Å²) in [6.45, 7) is 1.52. The molecule has 0 N–H and O–H groups in total. The largest absolute Gasteiger partial charge is 0.331 e. The number of rotatable bonds is 1. The molecular formula is C19H12IrN3S-. The summed E-state index contributed by atoms with van der Waals surface area (Å²) in [4.78, 5) is 8.29. The molecule has 5 aromatic rings. The molecular weight excluding hydrogens is 495 g/mol. The topological polar surface area (TPSA) is 30.2 Å². The van der Waals surface area contributed by atoms with Crippen LogP contribution in [0.5, 0.6) is 0 Å². The van der Waals surface area contributed by atoms with Crippen molar-refractivity contribution >= 4 is 38.7 Å². The van der Waals surface area contributed by atoms with Crippen LogP contribution in [0, 0.1) is 13.0 Å². The maximum atomic E-state index is 8.66. The van der Waals surface area contributed by atoms with Gasteiger partial charge in [-0.25, -0.2) is 4.98 Å². The van der Waals surface area contributed by atoms with E-state index in [0.717, 1.165) is 11.3 Å². The van der Waals surface area contributed by atoms with Crippen molar-refractivity contribution in [3.63, 3.8) is 0 Å². The summed E-state index contributed by atoms with van der Waals surface area (Å²) in [5, 5.41) is 0.393. The Morgan fingerprint density at radius 2 is 2.12 bits per heavy atom. The fourth-order valence-electron chi connectivity index (χ4n) is 2.62. The van der Waals surface area contributed by atoms with Crippen LogP contribution in [0.4, 0.5) is 0 Å². The molecule has 0 amide bonds. The molecule has 2 aromatic carbocycles. The van der Waals surface area contributed by atoms with E-state index in [0.29, 0.717) is 0 Å². The second-order valence-electron chi connectivity index (χ2n) is 4.94. The van der Waals surface area contributed by atoms with Gasteiger partial charge in [0.25, 0.3) is 0 Å². The molecule has 0 atom stereocenters. The van der Waals surface area contributed by atoms with Gasteiger partial charge in [-0.1, -0.05) is 23.0 Å². The standard InChI is InChI=1S/C19H12N3S.Ir/c1-12-6-7-16-15(10-12)13-4-2-3-5-14(13)18-21-11-17(22(16)18)19-20-8-9-23-19;/h2-4,6-11H,1H3;/q-1;/i2D,3D,4D,6D,7D,8D,9D,10D,11D;. The van der Waals surface area contributed by atoms with Crippen molar-refractivity contribution in [2.24, 2.45) is 0 Å². The van der Waals surface area contributed by atoms with Gasteiger partial charge in [-0.05, 0) is 19.7 Å². The predicted molar refractivity (Wildman–Crippen MR) is 94.9 cm³/mol. The maximum absolute atomic E-state index is 8.66. The van der Waals surface area contributed by atoms with Crippen LogP contribution >= 0.6 is 11.3 Å². The molecule has 0 aliphatic heterocycles. The van der Waals surface area contributed by atoms with Gasteiger partial charge < -0.3 is 4.40 Å². The first-order valence-electron chi connectivity index (χ1n) is 11.2. The summed E-state index contributed by atoms with van der Waals surface area (Å²) in [7, 11) is 0. The van der Waals surface area contributed by atoms with E-state index in [4.69, 9.17) is 12.3 Å². The molecule has 0 aliphatic carbocycles. The third-order valence-corrected chi connectivity index (χ3v) is 4.23. The Balaban J connectivity index is 0.00000259. The third kappa shape index (κ3) is 2.13. The Morgan fingerprint density at radius 1 is 1.21 bits per heavy atom. The average Bonchev–Trinajstić information content (AvgIpc) is 3.26.